The topological polar surface area (TPSA) is 71.5 Å². The van der Waals surface area contributed by atoms with Crippen LogP contribution in [-0.4, -0.2) is 35.3 Å². The van der Waals surface area contributed by atoms with E-state index in [9.17, 15) is 9.90 Å². The smallest absolute Gasteiger partial charge is 0.224 e. The van der Waals surface area contributed by atoms with Crippen LogP contribution < -0.4 is 10.1 Å². The Morgan fingerprint density at radius 3 is 2.57 bits per heavy atom. The fraction of sp³-hybridized carbons (Fsp3) is 0.280. The van der Waals surface area contributed by atoms with Crippen LogP contribution in [0.25, 0.3) is 11.1 Å². The minimum atomic E-state index is -0.571. The molecule has 1 aromatic heterocycles. The number of aryl methyl sites for hydroxylation is 1. The van der Waals surface area contributed by atoms with Crippen LogP contribution in [0.5, 0.6) is 5.75 Å². The largest absolute Gasteiger partial charge is 0.488 e. The molecule has 1 heterocycles. The average Bonchev–Trinajstić information content (AvgIpc) is 2.79. The van der Waals surface area contributed by atoms with Gasteiger partial charge in [0, 0.05) is 19.4 Å². The van der Waals surface area contributed by atoms with Gasteiger partial charge in [-0.25, -0.2) is 0 Å². The fourth-order valence-electron chi connectivity index (χ4n) is 3.32. The van der Waals surface area contributed by atoms with E-state index in [1.165, 1.54) is 0 Å². The molecule has 3 aromatic rings. The SMILES string of the molecule is CNC(=O)Cc1ccccc1-c1ccc(OC(C)C(O)CCc2cccnc2)cc1. The first kappa shape index (κ1) is 21.5. The van der Waals surface area contributed by atoms with E-state index in [-0.39, 0.29) is 12.0 Å². The molecule has 2 unspecified atom stereocenters. The number of aliphatic hydroxyl groups excluding tert-OH is 1. The van der Waals surface area contributed by atoms with Crippen LogP contribution in [0.2, 0.25) is 0 Å². The summed E-state index contributed by atoms with van der Waals surface area (Å²) in [4.78, 5) is 15.9. The van der Waals surface area contributed by atoms with E-state index in [1.807, 2.05) is 73.8 Å². The molecule has 3 rings (SSSR count). The number of hydrogen-bond donors (Lipinski definition) is 2. The first-order valence-corrected chi connectivity index (χ1v) is 10.2. The van der Waals surface area contributed by atoms with E-state index >= 15 is 0 Å². The number of hydrogen-bond acceptors (Lipinski definition) is 4. The number of amides is 1. The summed E-state index contributed by atoms with van der Waals surface area (Å²) in [5.74, 6) is 0.687. The van der Waals surface area contributed by atoms with Gasteiger partial charge in [0.25, 0.3) is 0 Å². The highest BCUT2D eigenvalue weighted by Gasteiger charge is 2.16. The molecule has 2 atom stereocenters. The second-order valence-corrected chi connectivity index (χ2v) is 7.32. The summed E-state index contributed by atoms with van der Waals surface area (Å²) >= 11 is 0. The Labute approximate surface area is 177 Å². The molecule has 1 amide bonds. The third-order valence-corrected chi connectivity index (χ3v) is 5.13. The van der Waals surface area contributed by atoms with Crippen molar-refractivity contribution >= 4 is 5.91 Å². The van der Waals surface area contributed by atoms with Crippen LogP contribution in [-0.2, 0) is 17.6 Å². The third-order valence-electron chi connectivity index (χ3n) is 5.13. The van der Waals surface area contributed by atoms with Crippen molar-refractivity contribution in [1.82, 2.24) is 10.3 Å². The zero-order valence-corrected chi connectivity index (χ0v) is 17.4. The minimum absolute atomic E-state index is 0.0171. The lowest BCUT2D eigenvalue weighted by molar-refractivity contribution is -0.119. The lowest BCUT2D eigenvalue weighted by Gasteiger charge is -2.21. The van der Waals surface area contributed by atoms with Gasteiger partial charge in [-0.3, -0.25) is 9.78 Å². The molecule has 0 saturated heterocycles. The Hall–Kier alpha value is -3.18. The van der Waals surface area contributed by atoms with Gasteiger partial charge in [-0.15, -0.1) is 0 Å². The van der Waals surface area contributed by atoms with Crippen LogP contribution in [0.15, 0.2) is 73.1 Å². The molecule has 2 aromatic carbocycles. The third kappa shape index (κ3) is 5.91. The van der Waals surface area contributed by atoms with Gasteiger partial charge in [0.1, 0.15) is 11.9 Å². The predicted molar refractivity (Wildman–Crippen MR) is 118 cm³/mol. The number of rotatable bonds is 9. The molecule has 5 nitrogen and oxygen atoms in total. The highest BCUT2D eigenvalue weighted by atomic mass is 16.5. The number of carbonyl (C=O) groups is 1. The molecule has 0 aliphatic carbocycles. The Morgan fingerprint density at radius 1 is 1.10 bits per heavy atom. The molecule has 0 aliphatic rings. The van der Waals surface area contributed by atoms with Crippen LogP contribution >= 0.6 is 0 Å². The number of ether oxygens (including phenoxy) is 1. The number of pyridine rings is 1. The van der Waals surface area contributed by atoms with Crippen molar-refractivity contribution in [3.8, 4) is 16.9 Å². The lowest BCUT2D eigenvalue weighted by atomic mass is 9.97. The Bertz CT molecular complexity index is 942. The molecule has 0 radical (unpaired) electrons. The number of likely N-dealkylation sites (N-methyl/N-ethyl adjacent to an activating group) is 1. The Morgan fingerprint density at radius 2 is 1.87 bits per heavy atom. The molecule has 2 N–H and O–H groups in total. The van der Waals surface area contributed by atoms with Crippen molar-refractivity contribution in [2.75, 3.05) is 7.05 Å². The van der Waals surface area contributed by atoms with Crippen LogP contribution in [0.4, 0.5) is 0 Å². The van der Waals surface area contributed by atoms with E-state index in [1.54, 1.807) is 13.2 Å². The van der Waals surface area contributed by atoms with E-state index in [2.05, 4.69) is 10.3 Å². The Balaban J connectivity index is 1.61. The van der Waals surface area contributed by atoms with E-state index in [0.29, 0.717) is 18.6 Å². The molecule has 156 valence electrons. The quantitative estimate of drug-likeness (QED) is 0.569. The van der Waals surface area contributed by atoms with Gasteiger partial charge in [-0.2, -0.15) is 0 Å². The summed E-state index contributed by atoms with van der Waals surface area (Å²) in [7, 11) is 1.64. The second kappa shape index (κ2) is 10.6. The minimum Gasteiger partial charge on any atom is -0.488 e. The summed E-state index contributed by atoms with van der Waals surface area (Å²) in [6.45, 7) is 1.88. The molecule has 30 heavy (non-hydrogen) atoms. The van der Waals surface area contributed by atoms with Gasteiger partial charge < -0.3 is 15.2 Å². The maximum atomic E-state index is 11.8. The van der Waals surface area contributed by atoms with E-state index < -0.39 is 6.10 Å². The van der Waals surface area contributed by atoms with Gasteiger partial charge in [0.05, 0.1) is 12.5 Å². The summed E-state index contributed by atoms with van der Waals surface area (Å²) in [6, 6.07) is 19.5. The normalized spacial score (nSPS) is 12.8. The number of benzene rings is 2. The highest BCUT2D eigenvalue weighted by Crippen LogP contribution is 2.27. The predicted octanol–water partition coefficient (Wildman–Crippen LogP) is 3.80. The molecule has 0 aliphatic heterocycles. The standard InChI is InChI=1S/C25H28N2O3/c1-18(24(28)14-9-19-6-5-15-27-17-19)30-22-12-10-20(11-13-22)23-8-4-3-7-21(23)16-25(29)26-2/h3-8,10-13,15,17-18,24,28H,9,14,16H2,1-2H3,(H,26,29). The van der Waals surface area contributed by atoms with Gasteiger partial charge in [-0.05, 0) is 60.2 Å². The summed E-state index contributed by atoms with van der Waals surface area (Å²) in [5.41, 5.74) is 4.12. The zero-order chi connectivity index (χ0) is 21.3. The first-order valence-electron chi connectivity index (χ1n) is 10.2. The maximum absolute atomic E-state index is 11.8. The highest BCUT2D eigenvalue weighted by molar-refractivity contribution is 5.81. The monoisotopic (exact) mass is 404 g/mol. The molecular weight excluding hydrogens is 376 g/mol. The summed E-state index contributed by atoms with van der Waals surface area (Å²) < 4.78 is 5.94. The number of nitrogens with one attached hydrogen (secondary N) is 1. The van der Waals surface area contributed by atoms with Gasteiger partial charge in [0.15, 0.2) is 0 Å². The molecule has 0 bridgehead atoms. The van der Waals surface area contributed by atoms with Crippen molar-refractivity contribution in [3.63, 3.8) is 0 Å². The average molecular weight is 405 g/mol. The van der Waals surface area contributed by atoms with E-state index in [4.69, 9.17) is 4.74 Å². The van der Waals surface area contributed by atoms with Crippen LogP contribution in [0, 0.1) is 0 Å². The van der Waals surface area contributed by atoms with E-state index in [0.717, 1.165) is 28.7 Å². The first-order chi connectivity index (χ1) is 14.6. The van der Waals surface area contributed by atoms with Crippen LogP contribution in [0.1, 0.15) is 24.5 Å². The molecule has 0 fully saturated rings. The molecule has 0 saturated carbocycles. The van der Waals surface area contributed by atoms with Gasteiger partial charge >= 0.3 is 0 Å². The van der Waals surface area contributed by atoms with Crippen molar-refractivity contribution < 1.29 is 14.6 Å². The number of nitrogens with zero attached hydrogens (tertiary/aromatic N) is 1. The van der Waals surface area contributed by atoms with Crippen molar-refractivity contribution in [3.05, 3.63) is 84.2 Å². The molecular formula is C25H28N2O3. The number of aliphatic hydroxyl groups is 1. The number of aromatic nitrogens is 1. The Kier molecular flexibility index (Phi) is 7.57. The van der Waals surface area contributed by atoms with Gasteiger partial charge in [0.2, 0.25) is 5.91 Å². The van der Waals surface area contributed by atoms with Crippen molar-refractivity contribution in [1.29, 1.82) is 0 Å². The van der Waals surface area contributed by atoms with Crippen molar-refractivity contribution in [2.24, 2.45) is 0 Å². The number of carbonyl (C=O) groups excluding carboxylic acids is 1. The molecule has 0 spiro atoms. The van der Waals surface area contributed by atoms with Crippen molar-refractivity contribution in [2.45, 2.75) is 38.4 Å². The lowest BCUT2D eigenvalue weighted by Crippen LogP contribution is -2.29. The fourth-order valence-corrected chi connectivity index (χ4v) is 3.32. The zero-order valence-electron chi connectivity index (χ0n) is 17.4. The van der Waals surface area contributed by atoms with Gasteiger partial charge in [-0.1, -0.05) is 42.5 Å². The van der Waals surface area contributed by atoms with Crippen LogP contribution in [0.3, 0.4) is 0 Å². The molecule has 5 heteroatoms. The summed E-state index contributed by atoms with van der Waals surface area (Å²) in [6.07, 6.45) is 4.36. The maximum Gasteiger partial charge on any atom is 0.224 e. The second-order valence-electron chi connectivity index (χ2n) is 7.32. The summed E-state index contributed by atoms with van der Waals surface area (Å²) in [5, 5.41) is 13.1.